The summed E-state index contributed by atoms with van der Waals surface area (Å²) in [5, 5.41) is 5.67. The molecule has 1 aromatic heterocycles. The first-order valence-electron chi connectivity index (χ1n) is 8.67. The van der Waals surface area contributed by atoms with Crippen LogP contribution in [0, 0.1) is 12.7 Å². The Morgan fingerprint density at radius 2 is 2.04 bits per heavy atom. The summed E-state index contributed by atoms with van der Waals surface area (Å²) in [5.74, 6) is 0.226. The predicted molar refractivity (Wildman–Crippen MR) is 97.2 cm³/mol. The van der Waals surface area contributed by atoms with Gasteiger partial charge in [0.1, 0.15) is 11.5 Å². The van der Waals surface area contributed by atoms with Crippen LogP contribution < -0.4 is 15.4 Å². The third kappa shape index (κ3) is 3.21. The number of nitrogens with one attached hydrogen (secondary N) is 2. The number of aryl methyl sites for hydroxylation is 1. The second kappa shape index (κ2) is 7.27. The van der Waals surface area contributed by atoms with Gasteiger partial charge in [0.15, 0.2) is 5.75 Å². The Balaban J connectivity index is 2.04. The van der Waals surface area contributed by atoms with Crippen LogP contribution in [0.25, 0.3) is 0 Å². The van der Waals surface area contributed by atoms with E-state index in [9.17, 15) is 9.18 Å². The number of hydrogen-bond acceptors (Lipinski definition) is 5. The lowest BCUT2D eigenvalue weighted by Gasteiger charge is -2.28. The zero-order chi connectivity index (χ0) is 18.7. The second-order valence-electron chi connectivity index (χ2n) is 6.59. The molecular weight excluding hydrogens is 335 g/mol. The predicted octanol–water partition coefficient (Wildman–Crippen LogP) is 3.23. The average Bonchev–Trinajstić information content (AvgIpc) is 3.15. The Labute approximate surface area is 152 Å². The maximum absolute atomic E-state index is 14.1. The Morgan fingerprint density at radius 1 is 1.31 bits per heavy atom. The summed E-state index contributed by atoms with van der Waals surface area (Å²) in [4.78, 5) is 21.4. The first kappa shape index (κ1) is 18.1. The quantitative estimate of drug-likeness (QED) is 0.858. The monoisotopic (exact) mass is 358 g/mol. The summed E-state index contributed by atoms with van der Waals surface area (Å²) in [6, 6.07) is 4.78. The molecule has 1 aliphatic rings. The summed E-state index contributed by atoms with van der Waals surface area (Å²) in [7, 11) is 3.15. The van der Waals surface area contributed by atoms with E-state index >= 15 is 0 Å². The molecule has 2 N–H and O–H groups in total. The van der Waals surface area contributed by atoms with Crippen molar-refractivity contribution in [1.82, 2.24) is 15.3 Å². The second-order valence-corrected chi connectivity index (χ2v) is 6.59. The molecule has 1 aromatic carbocycles. The maximum Gasteiger partial charge on any atom is 0.232 e. The SMILES string of the molecule is CNC(=O)C1(c2nc(Nc3cc(C)ccc3F)ncc2OC)CCCC1. The van der Waals surface area contributed by atoms with Crippen molar-refractivity contribution in [2.24, 2.45) is 0 Å². The van der Waals surface area contributed by atoms with Crippen LogP contribution in [0.1, 0.15) is 36.9 Å². The van der Waals surface area contributed by atoms with Gasteiger partial charge in [0.05, 0.1) is 24.4 Å². The number of anilines is 2. The summed E-state index contributed by atoms with van der Waals surface area (Å²) in [6.45, 7) is 1.88. The third-order valence-electron chi connectivity index (χ3n) is 4.92. The minimum absolute atomic E-state index is 0.0836. The Kier molecular flexibility index (Phi) is 5.06. The van der Waals surface area contributed by atoms with Crippen LogP contribution in [-0.4, -0.2) is 30.0 Å². The zero-order valence-electron chi connectivity index (χ0n) is 15.2. The molecule has 0 bridgehead atoms. The molecular formula is C19H23FN4O2. The van der Waals surface area contributed by atoms with Crippen molar-refractivity contribution in [3.05, 3.63) is 41.5 Å². The van der Waals surface area contributed by atoms with E-state index in [-0.39, 0.29) is 11.9 Å². The van der Waals surface area contributed by atoms with Crippen molar-refractivity contribution in [2.75, 3.05) is 19.5 Å². The van der Waals surface area contributed by atoms with Crippen LogP contribution in [0.5, 0.6) is 5.75 Å². The molecule has 1 fully saturated rings. The molecule has 7 heteroatoms. The van der Waals surface area contributed by atoms with Crippen molar-refractivity contribution in [3.8, 4) is 5.75 Å². The fourth-order valence-corrected chi connectivity index (χ4v) is 3.57. The molecule has 0 aliphatic heterocycles. The molecule has 0 spiro atoms. The lowest BCUT2D eigenvalue weighted by molar-refractivity contribution is -0.126. The van der Waals surface area contributed by atoms with Crippen LogP contribution in [0.2, 0.25) is 0 Å². The molecule has 6 nitrogen and oxygen atoms in total. The van der Waals surface area contributed by atoms with Crippen molar-refractivity contribution < 1.29 is 13.9 Å². The Bertz CT molecular complexity index is 819. The number of aromatic nitrogens is 2. The van der Waals surface area contributed by atoms with Gasteiger partial charge in [-0.2, -0.15) is 0 Å². The fourth-order valence-electron chi connectivity index (χ4n) is 3.57. The molecule has 0 unspecified atom stereocenters. The molecule has 1 saturated carbocycles. The van der Waals surface area contributed by atoms with E-state index in [0.717, 1.165) is 18.4 Å². The van der Waals surface area contributed by atoms with E-state index < -0.39 is 11.2 Å². The summed E-state index contributed by atoms with van der Waals surface area (Å²) in [5.41, 5.74) is 1.01. The van der Waals surface area contributed by atoms with Crippen LogP contribution in [-0.2, 0) is 10.2 Å². The van der Waals surface area contributed by atoms with Gasteiger partial charge in [-0.3, -0.25) is 4.79 Å². The first-order chi connectivity index (χ1) is 12.5. The number of benzene rings is 1. The number of methoxy groups -OCH3 is 1. The first-order valence-corrected chi connectivity index (χ1v) is 8.67. The number of likely N-dealkylation sites (N-methyl/N-ethyl adjacent to an activating group) is 1. The van der Waals surface area contributed by atoms with Gasteiger partial charge >= 0.3 is 0 Å². The topological polar surface area (TPSA) is 76.1 Å². The Hall–Kier alpha value is -2.70. The minimum Gasteiger partial charge on any atom is -0.493 e. The minimum atomic E-state index is -0.745. The van der Waals surface area contributed by atoms with E-state index in [1.165, 1.54) is 19.4 Å². The number of halogens is 1. The van der Waals surface area contributed by atoms with E-state index in [1.807, 2.05) is 6.92 Å². The lowest BCUT2D eigenvalue weighted by Crippen LogP contribution is -2.42. The lowest BCUT2D eigenvalue weighted by atomic mass is 9.81. The van der Waals surface area contributed by atoms with E-state index in [2.05, 4.69) is 20.6 Å². The van der Waals surface area contributed by atoms with Crippen LogP contribution >= 0.6 is 0 Å². The number of carbonyl (C=O) groups is 1. The van der Waals surface area contributed by atoms with E-state index in [1.54, 1.807) is 19.2 Å². The smallest absolute Gasteiger partial charge is 0.232 e. The van der Waals surface area contributed by atoms with Gasteiger partial charge in [0.25, 0.3) is 0 Å². The van der Waals surface area contributed by atoms with Gasteiger partial charge in [0.2, 0.25) is 11.9 Å². The Morgan fingerprint density at radius 3 is 2.69 bits per heavy atom. The highest BCUT2D eigenvalue weighted by Gasteiger charge is 2.45. The highest BCUT2D eigenvalue weighted by Crippen LogP contribution is 2.44. The number of amides is 1. The summed E-state index contributed by atoms with van der Waals surface area (Å²) >= 11 is 0. The van der Waals surface area contributed by atoms with Gasteiger partial charge in [-0.25, -0.2) is 14.4 Å². The van der Waals surface area contributed by atoms with Crippen molar-refractivity contribution in [1.29, 1.82) is 0 Å². The molecule has 0 atom stereocenters. The van der Waals surface area contributed by atoms with Gasteiger partial charge in [-0.15, -0.1) is 0 Å². The number of carbonyl (C=O) groups excluding carboxylic acids is 1. The zero-order valence-corrected chi connectivity index (χ0v) is 15.2. The van der Waals surface area contributed by atoms with Crippen molar-refractivity contribution in [2.45, 2.75) is 38.0 Å². The third-order valence-corrected chi connectivity index (χ3v) is 4.92. The highest BCUT2D eigenvalue weighted by molar-refractivity contribution is 5.88. The molecule has 1 amide bonds. The molecule has 1 aliphatic carbocycles. The fraction of sp³-hybridized carbons (Fsp3) is 0.421. The normalized spacial score (nSPS) is 15.5. The summed E-state index contributed by atoms with van der Waals surface area (Å²) < 4.78 is 19.5. The van der Waals surface area contributed by atoms with Gasteiger partial charge < -0.3 is 15.4 Å². The molecule has 0 saturated heterocycles. The van der Waals surface area contributed by atoms with Crippen LogP contribution in [0.3, 0.4) is 0 Å². The van der Waals surface area contributed by atoms with Crippen molar-refractivity contribution in [3.63, 3.8) is 0 Å². The molecule has 138 valence electrons. The number of hydrogen-bond donors (Lipinski definition) is 2. The van der Waals surface area contributed by atoms with Gasteiger partial charge in [-0.05, 0) is 37.5 Å². The molecule has 1 heterocycles. The number of rotatable bonds is 5. The molecule has 3 rings (SSSR count). The molecule has 2 aromatic rings. The molecule has 0 radical (unpaired) electrons. The van der Waals surface area contributed by atoms with E-state index in [0.29, 0.717) is 30.0 Å². The average molecular weight is 358 g/mol. The van der Waals surface area contributed by atoms with E-state index in [4.69, 9.17) is 4.74 Å². The highest BCUT2D eigenvalue weighted by atomic mass is 19.1. The van der Waals surface area contributed by atoms with Crippen LogP contribution in [0.4, 0.5) is 16.0 Å². The standard InChI is InChI=1S/C19H23FN4O2/c1-12-6-7-13(20)14(10-12)23-18-22-11-15(26-3)16(24-18)19(17(25)21-2)8-4-5-9-19/h6-7,10-11H,4-5,8-9H2,1-3H3,(H,21,25)(H,22,23,24). The van der Waals surface area contributed by atoms with Gasteiger partial charge in [-0.1, -0.05) is 18.9 Å². The maximum atomic E-state index is 14.1. The number of nitrogens with zero attached hydrogens (tertiary/aromatic N) is 2. The van der Waals surface area contributed by atoms with Crippen LogP contribution in [0.15, 0.2) is 24.4 Å². The number of ether oxygens (including phenoxy) is 1. The summed E-state index contributed by atoms with van der Waals surface area (Å²) in [6.07, 6.45) is 4.80. The molecule has 26 heavy (non-hydrogen) atoms. The van der Waals surface area contributed by atoms with Crippen molar-refractivity contribution >= 4 is 17.5 Å². The van der Waals surface area contributed by atoms with Gasteiger partial charge in [0, 0.05) is 7.05 Å². The largest absolute Gasteiger partial charge is 0.493 e.